The van der Waals surface area contributed by atoms with Gasteiger partial charge in [0.1, 0.15) is 0 Å². The van der Waals surface area contributed by atoms with Crippen LogP contribution >= 0.6 is 23.2 Å². The van der Waals surface area contributed by atoms with Crippen molar-refractivity contribution in [3.8, 4) is 5.75 Å². The van der Waals surface area contributed by atoms with Crippen molar-refractivity contribution in [2.24, 2.45) is 0 Å². The van der Waals surface area contributed by atoms with E-state index in [0.29, 0.717) is 10.0 Å². The van der Waals surface area contributed by atoms with Crippen LogP contribution in [0.25, 0.3) is 0 Å². The molecule has 0 aliphatic heterocycles. The number of rotatable bonds is 0. The molecule has 1 rings (SSSR count). The van der Waals surface area contributed by atoms with Crippen LogP contribution in [0.15, 0.2) is 12.1 Å². The van der Waals surface area contributed by atoms with E-state index in [4.69, 9.17) is 28.3 Å². The first-order chi connectivity index (χ1) is 4.63. The van der Waals surface area contributed by atoms with E-state index >= 15 is 0 Å². The molecule has 0 unspecified atom stereocenters. The van der Waals surface area contributed by atoms with Crippen LogP contribution in [0.3, 0.4) is 0 Å². The SMILES string of the molecule is Oc1ccc(Cl)c(Cl)[c]1[In]. The van der Waals surface area contributed by atoms with Gasteiger partial charge in [-0.05, 0) is 0 Å². The Balaban J connectivity index is 3.34. The van der Waals surface area contributed by atoms with Gasteiger partial charge in [-0.3, -0.25) is 0 Å². The van der Waals surface area contributed by atoms with Crippen molar-refractivity contribution in [3.05, 3.63) is 22.2 Å². The topological polar surface area (TPSA) is 20.2 Å². The molecule has 50 valence electrons. The van der Waals surface area contributed by atoms with E-state index < -0.39 is 0 Å². The van der Waals surface area contributed by atoms with Crippen molar-refractivity contribution in [3.63, 3.8) is 0 Å². The van der Waals surface area contributed by atoms with E-state index in [9.17, 15) is 0 Å². The number of aromatic hydroxyl groups is 1. The molecule has 1 N–H and O–H groups in total. The molecule has 0 saturated heterocycles. The van der Waals surface area contributed by atoms with Crippen molar-refractivity contribution in [1.82, 2.24) is 0 Å². The zero-order valence-corrected chi connectivity index (χ0v) is 9.74. The quantitative estimate of drug-likeness (QED) is 0.761. The number of halogens is 2. The normalized spacial score (nSPS) is 9.80. The monoisotopic (exact) mass is 276 g/mol. The Bertz CT molecular complexity index is 235. The van der Waals surface area contributed by atoms with Crippen LogP contribution in [0.1, 0.15) is 0 Å². The molecule has 4 heteroatoms. The molecule has 0 bridgehead atoms. The van der Waals surface area contributed by atoms with Crippen molar-refractivity contribution >= 4 is 50.9 Å². The maximum atomic E-state index is 9.11. The third-order valence-electron chi connectivity index (χ3n) is 1.11. The number of benzene rings is 1. The second-order valence-corrected chi connectivity index (χ2v) is 4.23. The van der Waals surface area contributed by atoms with Gasteiger partial charge in [0.2, 0.25) is 0 Å². The number of phenols is 1. The van der Waals surface area contributed by atoms with Crippen molar-refractivity contribution < 1.29 is 5.11 Å². The molecule has 0 amide bonds. The zero-order chi connectivity index (χ0) is 7.72. The first kappa shape index (κ1) is 8.57. The molecule has 0 atom stereocenters. The van der Waals surface area contributed by atoms with Gasteiger partial charge in [0.05, 0.1) is 0 Å². The molecule has 2 radical (unpaired) electrons. The summed E-state index contributed by atoms with van der Waals surface area (Å²) in [6.45, 7) is 0. The molecule has 0 aliphatic carbocycles. The van der Waals surface area contributed by atoms with Gasteiger partial charge in [-0.25, -0.2) is 0 Å². The van der Waals surface area contributed by atoms with Crippen LogP contribution in [0, 0.1) is 0 Å². The fourth-order valence-electron chi connectivity index (χ4n) is 0.556. The minimum absolute atomic E-state index is 0.233. The van der Waals surface area contributed by atoms with Gasteiger partial charge < -0.3 is 0 Å². The average Bonchev–Trinajstić information content (AvgIpc) is 1.93. The molecular formula is C6H3Cl2InO. The Morgan fingerprint density at radius 3 is 2.40 bits per heavy atom. The molecular weight excluding hydrogens is 274 g/mol. The molecule has 0 aliphatic rings. The van der Waals surface area contributed by atoms with Crippen LogP contribution in [-0.4, -0.2) is 29.5 Å². The summed E-state index contributed by atoms with van der Waals surface area (Å²) in [6, 6.07) is 3.13. The summed E-state index contributed by atoms with van der Waals surface area (Å²) in [7, 11) is 0. The molecule has 1 aromatic rings. The van der Waals surface area contributed by atoms with E-state index in [0.717, 1.165) is 27.7 Å². The van der Waals surface area contributed by atoms with Gasteiger partial charge in [0.25, 0.3) is 0 Å². The Morgan fingerprint density at radius 1 is 1.30 bits per heavy atom. The summed E-state index contributed by atoms with van der Waals surface area (Å²) in [5.41, 5.74) is 0. The van der Waals surface area contributed by atoms with Crippen molar-refractivity contribution in [1.29, 1.82) is 0 Å². The van der Waals surface area contributed by atoms with Crippen LogP contribution in [0.4, 0.5) is 0 Å². The molecule has 1 nitrogen and oxygen atoms in total. The summed E-state index contributed by atoms with van der Waals surface area (Å²) in [6.07, 6.45) is 0. The number of phenolic OH excluding ortho intramolecular Hbond substituents is 1. The van der Waals surface area contributed by atoms with E-state index in [1.165, 1.54) is 0 Å². The Morgan fingerprint density at radius 2 is 1.90 bits per heavy atom. The Hall–Kier alpha value is 0.470. The maximum absolute atomic E-state index is 9.11. The summed E-state index contributed by atoms with van der Waals surface area (Å²) < 4.78 is 0.750. The first-order valence-electron chi connectivity index (χ1n) is 2.55. The van der Waals surface area contributed by atoms with Gasteiger partial charge >= 0.3 is 83.9 Å². The fraction of sp³-hybridized carbons (Fsp3) is 0. The predicted octanol–water partition coefficient (Wildman–Crippen LogP) is 1.49. The van der Waals surface area contributed by atoms with Gasteiger partial charge in [-0.1, -0.05) is 0 Å². The molecule has 1 aromatic carbocycles. The van der Waals surface area contributed by atoms with Gasteiger partial charge in [0.15, 0.2) is 0 Å². The molecule has 0 aromatic heterocycles. The summed E-state index contributed by atoms with van der Waals surface area (Å²) >= 11 is 12.2. The summed E-state index contributed by atoms with van der Waals surface area (Å²) in [4.78, 5) is 0. The Kier molecular flexibility index (Phi) is 2.78. The molecule has 10 heavy (non-hydrogen) atoms. The predicted molar refractivity (Wildman–Crippen MR) is 43.5 cm³/mol. The first-order valence-corrected chi connectivity index (χ1v) is 4.95. The molecule has 0 fully saturated rings. The molecule has 0 spiro atoms. The van der Waals surface area contributed by atoms with Gasteiger partial charge in [-0.15, -0.1) is 0 Å². The van der Waals surface area contributed by atoms with Crippen LogP contribution < -0.4 is 3.32 Å². The second kappa shape index (κ2) is 3.24. The minimum atomic E-state index is 0.233. The number of hydrogen-bond donors (Lipinski definition) is 1. The average molecular weight is 277 g/mol. The van der Waals surface area contributed by atoms with Crippen molar-refractivity contribution in [2.75, 3.05) is 0 Å². The third-order valence-corrected chi connectivity index (χ3v) is 4.12. The third kappa shape index (κ3) is 1.55. The van der Waals surface area contributed by atoms with E-state index in [1.807, 2.05) is 0 Å². The molecule has 0 heterocycles. The van der Waals surface area contributed by atoms with Crippen LogP contribution in [-0.2, 0) is 0 Å². The Labute approximate surface area is 83.5 Å². The summed E-state index contributed by atoms with van der Waals surface area (Å²) in [5.74, 6) is 0.233. The van der Waals surface area contributed by atoms with Crippen LogP contribution in [0.2, 0.25) is 10.0 Å². The molecule has 0 saturated carbocycles. The van der Waals surface area contributed by atoms with E-state index in [1.54, 1.807) is 12.1 Å². The van der Waals surface area contributed by atoms with Gasteiger partial charge in [0, 0.05) is 0 Å². The van der Waals surface area contributed by atoms with Crippen molar-refractivity contribution in [2.45, 2.75) is 0 Å². The zero-order valence-electron chi connectivity index (χ0n) is 4.94. The number of hydrogen-bond acceptors (Lipinski definition) is 1. The summed E-state index contributed by atoms with van der Waals surface area (Å²) in [5, 5.41) is 10.1. The van der Waals surface area contributed by atoms with Crippen LogP contribution in [0.5, 0.6) is 5.75 Å². The van der Waals surface area contributed by atoms with E-state index in [-0.39, 0.29) is 5.75 Å². The second-order valence-electron chi connectivity index (χ2n) is 1.79. The van der Waals surface area contributed by atoms with E-state index in [2.05, 4.69) is 0 Å². The standard InChI is InChI=1S/C6H3Cl2O.In/c7-5-2-1-4(9)3-6(5)8;/h1-2,9H;. The fourth-order valence-corrected chi connectivity index (χ4v) is 1.86. The van der Waals surface area contributed by atoms with Gasteiger partial charge in [-0.2, -0.15) is 0 Å².